The summed E-state index contributed by atoms with van der Waals surface area (Å²) in [5.41, 5.74) is 0. The fraction of sp³-hybridized carbons (Fsp3) is 0. The molecule has 0 fully saturated rings. The second-order valence-corrected chi connectivity index (χ2v) is 0. The van der Waals surface area contributed by atoms with Crippen LogP contribution < -0.4 is 0 Å². The molecule has 0 N–H and O–H groups in total. The fourth-order valence-corrected chi connectivity index (χ4v) is 0. The predicted molar refractivity (Wildman–Crippen MR) is 9.21 cm³/mol. The molecule has 0 aliphatic rings. The van der Waals surface area contributed by atoms with E-state index in [1.807, 2.05) is 0 Å². The third-order valence-corrected chi connectivity index (χ3v) is 0. The summed E-state index contributed by atoms with van der Waals surface area (Å²) in [6, 6.07) is 0. The first-order valence-corrected chi connectivity index (χ1v) is 0. The molecule has 0 aliphatic carbocycles. The molecule has 0 aromatic rings. The van der Waals surface area contributed by atoms with Gasteiger partial charge in [-0.3, -0.25) is 0 Å². The molecule has 0 atom stereocenters. The van der Waals surface area contributed by atoms with Crippen molar-refractivity contribution in [3.8, 4) is 0 Å². The molecular formula is HCoLiMnNiO3. The van der Waals surface area contributed by atoms with Crippen LogP contribution in [0.5, 0.6) is 0 Å². The van der Waals surface area contributed by atoms with E-state index < -0.39 is 0 Å². The van der Waals surface area contributed by atoms with Crippen LogP contribution in [-0.2, 0) is 66.8 Å². The Morgan fingerprint density at radius 2 is 0.714 bits per heavy atom. The Morgan fingerprint density at radius 3 is 0.714 bits per heavy atom. The molecule has 3 nitrogen and oxygen atoms in total. The zero-order valence-electron chi connectivity index (χ0n) is 2.25. The van der Waals surface area contributed by atoms with E-state index in [0.717, 1.165) is 0 Å². The molecule has 0 saturated carbocycles. The van der Waals surface area contributed by atoms with Crippen molar-refractivity contribution in [1.29, 1.82) is 0 Å². The van der Waals surface area contributed by atoms with E-state index in [2.05, 4.69) is 0 Å². The predicted octanol–water partition coefficient (Wildman–Crippen LogP) is -1.01. The Hall–Kier alpha value is 2.00. The van der Waals surface area contributed by atoms with Gasteiger partial charge in [0.05, 0.1) is 0 Å². The maximum Gasteiger partial charge on any atom is 2.00 e. The van der Waals surface area contributed by atoms with Gasteiger partial charge in [-0.15, -0.1) is 0 Å². The van der Waals surface area contributed by atoms with Crippen LogP contribution in [0.25, 0.3) is 0 Å². The summed E-state index contributed by atoms with van der Waals surface area (Å²) in [5.74, 6) is 0. The van der Waals surface area contributed by atoms with Gasteiger partial charge < -0.3 is 16.4 Å². The summed E-state index contributed by atoms with van der Waals surface area (Å²) in [4.78, 5) is 0. The first-order valence-electron chi connectivity index (χ1n) is 0. The molecule has 0 heterocycles. The maximum atomic E-state index is 0. The van der Waals surface area contributed by atoms with E-state index in [1.165, 1.54) is 0 Å². The average molecular weight is 229 g/mol. The third kappa shape index (κ3) is 72.1. The maximum absolute atomic E-state index is 0. The summed E-state index contributed by atoms with van der Waals surface area (Å²) in [7, 11) is 0. The molecule has 7 heavy (non-hydrogen) atoms. The molecule has 0 aromatic carbocycles. The largest absolute Gasteiger partial charge is 2.00 e. The second kappa shape index (κ2) is 98.2. The molecule has 0 unspecified atom stereocenters. The summed E-state index contributed by atoms with van der Waals surface area (Å²) in [6.45, 7) is 0. The van der Waals surface area contributed by atoms with Gasteiger partial charge >= 0.3 is 69.2 Å². The van der Waals surface area contributed by atoms with Gasteiger partial charge in [0.1, 0.15) is 0 Å². The molecule has 0 aromatic heterocycles. The van der Waals surface area contributed by atoms with Crippen molar-refractivity contribution in [1.82, 2.24) is 0 Å². The van der Waals surface area contributed by atoms with Crippen LogP contribution in [0.4, 0.5) is 0 Å². The van der Waals surface area contributed by atoms with Gasteiger partial charge in [-0.25, -0.2) is 0 Å². The smallest absolute Gasteiger partial charge is 2.00 e. The molecule has 0 saturated heterocycles. The van der Waals surface area contributed by atoms with E-state index in [0.29, 0.717) is 0 Å². The van der Waals surface area contributed by atoms with Crippen LogP contribution in [0.15, 0.2) is 0 Å². The van der Waals surface area contributed by atoms with Crippen molar-refractivity contribution in [2.45, 2.75) is 0 Å². The first kappa shape index (κ1) is 144. The third-order valence-electron chi connectivity index (χ3n) is 0. The summed E-state index contributed by atoms with van der Waals surface area (Å²) in [5, 5.41) is 0. The summed E-state index contributed by atoms with van der Waals surface area (Å²) >= 11 is 0. The van der Waals surface area contributed by atoms with Crippen molar-refractivity contribution in [2.75, 3.05) is 0 Å². The zero-order chi connectivity index (χ0) is 0. The first-order chi connectivity index (χ1) is 0. The van der Waals surface area contributed by atoms with Crippen molar-refractivity contribution in [3.05, 3.63) is 0 Å². The molecule has 0 bridgehead atoms. The van der Waals surface area contributed by atoms with Crippen LogP contribution in [-0.4, -0.2) is 18.9 Å². The van der Waals surface area contributed by atoms with Gasteiger partial charge in [-0.1, -0.05) is 0 Å². The topological polar surface area (TPSA) is 85.5 Å². The minimum atomic E-state index is 0. The van der Waals surface area contributed by atoms with Gasteiger partial charge in [0.25, 0.3) is 0 Å². The molecule has 0 aliphatic heterocycles. The minimum Gasteiger partial charge on any atom is -2.00 e. The Labute approximate surface area is 85.1 Å². The number of hydrogen-bond donors (Lipinski definition) is 0. The van der Waals surface area contributed by atoms with E-state index in [1.54, 1.807) is 0 Å². The van der Waals surface area contributed by atoms with Gasteiger partial charge in [-0.2, -0.15) is 0 Å². The van der Waals surface area contributed by atoms with E-state index in [9.17, 15) is 0 Å². The van der Waals surface area contributed by atoms with Crippen LogP contribution in [0.1, 0.15) is 0 Å². The zero-order valence-corrected chi connectivity index (χ0v) is 5.46. The summed E-state index contributed by atoms with van der Waals surface area (Å²) in [6.07, 6.45) is 0. The fourth-order valence-electron chi connectivity index (χ4n) is 0. The Bertz CT molecular complexity index is 14.9. The Balaban J connectivity index is 0. The molecule has 0 rings (SSSR count). The molecule has 7 heteroatoms. The van der Waals surface area contributed by atoms with E-state index in [4.69, 9.17) is 0 Å². The molecule has 0 amide bonds. The van der Waals surface area contributed by atoms with Crippen molar-refractivity contribution < 1.29 is 66.8 Å². The van der Waals surface area contributed by atoms with Gasteiger partial charge in [-0.05, 0) is 0 Å². The minimum absolute atomic E-state index is 0. The van der Waals surface area contributed by atoms with E-state index >= 15 is 0 Å². The number of hydrogen-bond acceptors (Lipinski definition) is 0. The van der Waals surface area contributed by atoms with Crippen molar-refractivity contribution >= 4 is 18.9 Å². The summed E-state index contributed by atoms with van der Waals surface area (Å²) < 4.78 is 0. The normalized spacial score (nSPS) is 0. The van der Waals surface area contributed by atoms with Crippen LogP contribution in [0, 0.1) is 0 Å². The van der Waals surface area contributed by atoms with Crippen molar-refractivity contribution in [3.63, 3.8) is 0 Å². The average Bonchev–Trinajstić information content (AvgIpc) is 0. The molecule has 2 radical (unpaired) electrons. The van der Waals surface area contributed by atoms with Crippen LogP contribution in [0.3, 0.4) is 0 Å². The quantitative estimate of drug-likeness (QED) is 0.476. The monoisotopic (exact) mass is 228 g/mol. The molecular weight excluding hydrogens is 228 g/mol. The molecule has 0 spiro atoms. The standard InChI is InChI=1S/Co.Li.Mn.Ni.3O.H/q+2;;2*+2;3*-2;. The SMILES string of the molecule is [Co+2].[LiH].[Mn+2].[Ni+2].[O-2].[O-2].[O-2]. The number of rotatable bonds is 0. The van der Waals surface area contributed by atoms with Crippen LogP contribution in [0.2, 0.25) is 0 Å². The van der Waals surface area contributed by atoms with Crippen LogP contribution >= 0.6 is 0 Å². The van der Waals surface area contributed by atoms with Gasteiger partial charge in [0, 0.05) is 0 Å². The van der Waals surface area contributed by atoms with Crippen molar-refractivity contribution in [2.24, 2.45) is 0 Å². The Morgan fingerprint density at radius 1 is 0.714 bits per heavy atom. The molecule has 46 valence electrons. The van der Waals surface area contributed by atoms with Gasteiger partial charge in [0.15, 0.2) is 0 Å². The van der Waals surface area contributed by atoms with Gasteiger partial charge in [0.2, 0.25) is 0 Å². The Kier molecular flexibility index (Phi) is 2020. The second-order valence-electron chi connectivity index (χ2n) is 0. The van der Waals surface area contributed by atoms with E-state index in [-0.39, 0.29) is 85.6 Å².